The van der Waals surface area contributed by atoms with E-state index in [0.717, 1.165) is 5.69 Å². The highest BCUT2D eigenvalue weighted by Gasteiger charge is 2.65. The maximum atomic E-state index is 10.6. The van der Waals surface area contributed by atoms with Crippen molar-refractivity contribution >= 4 is 23.0 Å². The van der Waals surface area contributed by atoms with Crippen molar-refractivity contribution in [3.63, 3.8) is 0 Å². The minimum absolute atomic E-state index is 0.0138. The number of nitro groups is 1. The number of hydrogen-bond donors (Lipinski definition) is 1. The van der Waals surface area contributed by atoms with Crippen molar-refractivity contribution in [3.05, 3.63) is 33.3 Å². The van der Waals surface area contributed by atoms with Crippen molar-refractivity contribution in [1.82, 2.24) is 0 Å². The van der Waals surface area contributed by atoms with E-state index in [1.807, 2.05) is 0 Å². The van der Waals surface area contributed by atoms with Crippen LogP contribution in [0.25, 0.3) is 0 Å². The Morgan fingerprint density at radius 2 is 1.83 bits per heavy atom. The molecule has 0 heterocycles. The van der Waals surface area contributed by atoms with Crippen LogP contribution in [-0.4, -0.2) is 11.0 Å². The van der Waals surface area contributed by atoms with E-state index >= 15 is 0 Å². The van der Waals surface area contributed by atoms with Crippen molar-refractivity contribution in [2.75, 3.05) is 5.32 Å². The summed E-state index contributed by atoms with van der Waals surface area (Å²) in [5, 5.41) is 14.4. The van der Waals surface area contributed by atoms with Gasteiger partial charge in [-0.2, -0.15) is 0 Å². The first-order chi connectivity index (χ1) is 8.18. The third-order valence-electron chi connectivity index (χ3n) is 4.48. The number of nitrogens with one attached hydrogen (secondary N) is 1. The molecule has 0 atom stereocenters. The number of rotatable bonds is 3. The third-order valence-corrected chi connectivity index (χ3v) is 4.80. The predicted octanol–water partition coefficient (Wildman–Crippen LogP) is 4.09. The average Bonchev–Trinajstić information content (AvgIpc) is 2.63. The first kappa shape index (κ1) is 13.1. The number of hydrogen-bond acceptors (Lipinski definition) is 3. The minimum atomic E-state index is -0.444. The van der Waals surface area contributed by atoms with Crippen LogP contribution in [0, 0.1) is 20.9 Å². The highest BCUT2D eigenvalue weighted by molar-refractivity contribution is 6.33. The summed E-state index contributed by atoms with van der Waals surface area (Å²) in [5.41, 5.74) is 1.15. The molecule has 0 amide bonds. The van der Waals surface area contributed by atoms with Crippen LogP contribution < -0.4 is 5.32 Å². The zero-order chi connectivity index (χ0) is 13.7. The van der Waals surface area contributed by atoms with Gasteiger partial charge in [-0.15, -0.1) is 0 Å². The van der Waals surface area contributed by atoms with Gasteiger partial charge < -0.3 is 5.32 Å². The number of nitro benzene ring substituents is 1. The molecule has 18 heavy (non-hydrogen) atoms. The third kappa shape index (κ3) is 1.85. The molecule has 1 aromatic carbocycles. The molecule has 5 heteroatoms. The van der Waals surface area contributed by atoms with E-state index in [1.54, 1.807) is 6.07 Å². The smallest absolute Gasteiger partial charge is 0.271 e. The van der Waals surface area contributed by atoms with E-state index in [2.05, 4.69) is 33.0 Å². The van der Waals surface area contributed by atoms with Gasteiger partial charge in [-0.3, -0.25) is 10.1 Å². The van der Waals surface area contributed by atoms with Gasteiger partial charge in [0, 0.05) is 18.2 Å². The summed E-state index contributed by atoms with van der Waals surface area (Å²) < 4.78 is 0. The second kappa shape index (κ2) is 3.85. The van der Waals surface area contributed by atoms with Crippen LogP contribution in [0.2, 0.25) is 5.02 Å². The molecule has 0 saturated heterocycles. The molecule has 0 aliphatic heterocycles. The Balaban J connectivity index is 2.20. The van der Waals surface area contributed by atoms with Gasteiger partial charge in [-0.1, -0.05) is 39.3 Å². The molecule has 98 valence electrons. The van der Waals surface area contributed by atoms with E-state index in [9.17, 15) is 10.1 Å². The van der Waals surface area contributed by atoms with Crippen LogP contribution in [0.1, 0.15) is 27.7 Å². The number of halogens is 1. The van der Waals surface area contributed by atoms with E-state index in [4.69, 9.17) is 11.6 Å². The number of benzene rings is 1. The maximum Gasteiger partial charge on any atom is 0.271 e. The maximum absolute atomic E-state index is 10.6. The van der Waals surface area contributed by atoms with Gasteiger partial charge in [-0.25, -0.2) is 0 Å². The second-order valence-corrected chi connectivity index (χ2v) is 6.35. The molecule has 1 saturated carbocycles. The van der Waals surface area contributed by atoms with Crippen molar-refractivity contribution < 1.29 is 4.92 Å². The molecule has 1 aliphatic rings. The topological polar surface area (TPSA) is 55.2 Å². The van der Waals surface area contributed by atoms with Crippen LogP contribution in [-0.2, 0) is 0 Å². The van der Waals surface area contributed by atoms with Gasteiger partial charge in [0.05, 0.1) is 15.6 Å². The molecule has 2 rings (SSSR count). The monoisotopic (exact) mass is 268 g/mol. The number of nitrogens with zero attached hydrogens (tertiary/aromatic N) is 1. The van der Waals surface area contributed by atoms with Crippen LogP contribution in [0.3, 0.4) is 0 Å². The summed E-state index contributed by atoms with van der Waals surface area (Å²) in [6.07, 6.45) is 0. The van der Waals surface area contributed by atoms with Crippen LogP contribution in [0.5, 0.6) is 0 Å². The molecule has 1 fully saturated rings. The lowest BCUT2D eigenvalue weighted by Gasteiger charge is -2.09. The Bertz CT molecular complexity index is 498. The molecular weight excluding hydrogens is 252 g/mol. The van der Waals surface area contributed by atoms with Gasteiger partial charge in [-0.05, 0) is 16.9 Å². The lowest BCUT2D eigenvalue weighted by molar-refractivity contribution is -0.384. The summed E-state index contributed by atoms with van der Waals surface area (Å²) in [6, 6.07) is 4.84. The number of anilines is 1. The summed E-state index contributed by atoms with van der Waals surface area (Å²) >= 11 is 6.06. The van der Waals surface area contributed by atoms with Crippen molar-refractivity contribution in [2.45, 2.75) is 33.7 Å². The molecule has 0 aromatic heterocycles. The fourth-order valence-corrected chi connectivity index (χ4v) is 2.68. The van der Waals surface area contributed by atoms with E-state index in [-0.39, 0.29) is 16.5 Å². The van der Waals surface area contributed by atoms with E-state index in [1.165, 1.54) is 12.1 Å². The Morgan fingerprint density at radius 1 is 1.28 bits per heavy atom. The highest BCUT2D eigenvalue weighted by Crippen LogP contribution is 2.63. The van der Waals surface area contributed by atoms with Gasteiger partial charge in [0.2, 0.25) is 0 Å². The summed E-state index contributed by atoms with van der Waals surface area (Å²) in [7, 11) is 0. The van der Waals surface area contributed by atoms with Gasteiger partial charge in [0.15, 0.2) is 0 Å². The van der Waals surface area contributed by atoms with E-state index < -0.39 is 4.92 Å². The Morgan fingerprint density at radius 3 is 2.22 bits per heavy atom. The van der Waals surface area contributed by atoms with Gasteiger partial charge in [0.25, 0.3) is 5.69 Å². The fraction of sp³-hybridized carbons (Fsp3) is 0.538. The molecular formula is C13H17ClN2O2. The van der Waals surface area contributed by atoms with Crippen molar-refractivity contribution in [1.29, 1.82) is 0 Å². The molecule has 0 spiro atoms. The minimum Gasteiger partial charge on any atom is -0.380 e. The lowest BCUT2D eigenvalue weighted by Crippen LogP contribution is -2.10. The molecule has 0 unspecified atom stereocenters. The summed E-state index contributed by atoms with van der Waals surface area (Å²) in [4.78, 5) is 10.2. The SMILES string of the molecule is CC1(C)C(Nc2ccc([N+](=O)[O-])cc2Cl)C1(C)C. The molecule has 1 aliphatic carbocycles. The van der Waals surface area contributed by atoms with Gasteiger partial charge in [0.1, 0.15) is 0 Å². The molecule has 4 nitrogen and oxygen atoms in total. The van der Waals surface area contributed by atoms with E-state index in [0.29, 0.717) is 11.1 Å². The van der Waals surface area contributed by atoms with Crippen LogP contribution in [0.4, 0.5) is 11.4 Å². The molecule has 0 radical (unpaired) electrons. The second-order valence-electron chi connectivity index (χ2n) is 5.94. The normalized spacial score (nSPS) is 20.5. The largest absolute Gasteiger partial charge is 0.380 e. The zero-order valence-electron chi connectivity index (χ0n) is 11.0. The average molecular weight is 269 g/mol. The predicted molar refractivity (Wildman–Crippen MR) is 73.1 cm³/mol. The van der Waals surface area contributed by atoms with Crippen molar-refractivity contribution in [3.8, 4) is 0 Å². The molecule has 1 N–H and O–H groups in total. The van der Waals surface area contributed by atoms with Crippen LogP contribution >= 0.6 is 11.6 Å². The first-order valence-corrected chi connectivity index (χ1v) is 6.26. The molecule has 0 bridgehead atoms. The zero-order valence-corrected chi connectivity index (χ0v) is 11.7. The van der Waals surface area contributed by atoms with Gasteiger partial charge >= 0.3 is 0 Å². The Labute approximate surface area is 111 Å². The highest BCUT2D eigenvalue weighted by atomic mass is 35.5. The Hall–Kier alpha value is -1.29. The lowest BCUT2D eigenvalue weighted by atomic mass is 10.0. The standard InChI is InChI=1S/C13H17ClN2O2/c1-12(2)11(13(12,3)4)15-10-6-5-8(16(17)18)7-9(10)14/h5-7,11,15H,1-4H3. The molecule has 1 aromatic rings. The summed E-state index contributed by atoms with van der Waals surface area (Å²) in [5.74, 6) is 0. The Kier molecular flexibility index (Phi) is 2.81. The quantitative estimate of drug-likeness (QED) is 0.663. The van der Waals surface area contributed by atoms with Crippen LogP contribution in [0.15, 0.2) is 18.2 Å². The number of non-ortho nitro benzene ring substituents is 1. The summed E-state index contributed by atoms with van der Waals surface area (Å²) in [6.45, 7) is 8.79. The van der Waals surface area contributed by atoms with Crippen molar-refractivity contribution in [2.24, 2.45) is 10.8 Å². The fourth-order valence-electron chi connectivity index (χ4n) is 2.45. The first-order valence-electron chi connectivity index (χ1n) is 5.88.